The molecule has 0 N–H and O–H groups in total. The number of amides is 1. The molecule has 1 atom stereocenters. The zero-order valence-corrected chi connectivity index (χ0v) is 10.0. The van der Waals surface area contributed by atoms with Crippen LogP contribution in [0.5, 0.6) is 0 Å². The van der Waals surface area contributed by atoms with Crippen LogP contribution in [0, 0.1) is 0 Å². The second-order valence-electron chi connectivity index (χ2n) is 5.18. The molecule has 3 nitrogen and oxygen atoms in total. The van der Waals surface area contributed by atoms with Gasteiger partial charge in [0.25, 0.3) is 0 Å². The maximum absolute atomic E-state index is 11.2. The van der Waals surface area contributed by atoms with Crippen LogP contribution < -0.4 is 0 Å². The highest BCUT2D eigenvalue weighted by Gasteiger charge is 2.31. The first-order chi connectivity index (χ1) is 6.32. The highest BCUT2D eigenvalue weighted by molar-refractivity contribution is 5.73. The number of carbonyl (C=O) groups is 1. The van der Waals surface area contributed by atoms with Crippen LogP contribution in [-0.2, 0) is 4.79 Å². The van der Waals surface area contributed by atoms with Crippen molar-refractivity contribution in [2.24, 2.45) is 0 Å². The second kappa shape index (κ2) is 3.89. The average Bonchev–Trinajstić information content (AvgIpc) is 2.01. The summed E-state index contributed by atoms with van der Waals surface area (Å²) in [6.07, 6.45) is 0. The summed E-state index contributed by atoms with van der Waals surface area (Å²) in [5.74, 6) is 0.199. The van der Waals surface area contributed by atoms with Crippen molar-refractivity contribution < 1.29 is 4.79 Å². The average molecular weight is 198 g/mol. The maximum atomic E-state index is 11.2. The first-order valence-corrected chi connectivity index (χ1v) is 5.34. The van der Waals surface area contributed by atoms with Gasteiger partial charge in [0, 0.05) is 38.1 Å². The lowest BCUT2D eigenvalue weighted by Gasteiger charge is -2.46. The van der Waals surface area contributed by atoms with Crippen LogP contribution in [-0.4, -0.2) is 46.9 Å². The Morgan fingerprint density at radius 2 is 1.86 bits per heavy atom. The lowest BCUT2D eigenvalue weighted by molar-refractivity contribution is -0.132. The van der Waals surface area contributed by atoms with Crippen LogP contribution in [0.3, 0.4) is 0 Å². The normalized spacial score (nSPS) is 25.2. The van der Waals surface area contributed by atoms with Gasteiger partial charge in [0.1, 0.15) is 0 Å². The topological polar surface area (TPSA) is 23.6 Å². The van der Waals surface area contributed by atoms with Gasteiger partial charge in [0.2, 0.25) is 5.91 Å². The SMILES string of the molecule is CC(=O)N1CCN(C(C)(C)C)[C@H](C)C1. The summed E-state index contributed by atoms with van der Waals surface area (Å²) in [6.45, 7) is 13.3. The molecule has 1 fully saturated rings. The number of hydrogen-bond acceptors (Lipinski definition) is 2. The third-order valence-corrected chi connectivity index (χ3v) is 2.93. The molecule has 1 saturated heterocycles. The quantitative estimate of drug-likeness (QED) is 0.586. The van der Waals surface area contributed by atoms with Crippen molar-refractivity contribution in [2.75, 3.05) is 19.6 Å². The second-order valence-corrected chi connectivity index (χ2v) is 5.18. The summed E-state index contributed by atoms with van der Waals surface area (Å²) in [7, 11) is 0. The number of piperazine rings is 1. The van der Waals surface area contributed by atoms with Gasteiger partial charge in [0.05, 0.1) is 0 Å². The van der Waals surface area contributed by atoms with Gasteiger partial charge in [-0.2, -0.15) is 0 Å². The van der Waals surface area contributed by atoms with Crippen LogP contribution in [0.2, 0.25) is 0 Å². The van der Waals surface area contributed by atoms with Gasteiger partial charge in [-0.15, -0.1) is 0 Å². The molecule has 0 aromatic carbocycles. The Hall–Kier alpha value is -0.570. The third-order valence-electron chi connectivity index (χ3n) is 2.93. The van der Waals surface area contributed by atoms with E-state index in [-0.39, 0.29) is 11.4 Å². The van der Waals surface area contributed by atoms with Crippen molar-refractivity contribution >= 4 is 5.91 Å². The van der Waals surface area contributed by atoms with E-state index in [1.165, 1.54) is 0 Å². The van der Waals surface area contributed by atoms with Crippen LogP contribution in [0.25, 0.3) is 0 Å². The molecule has 1 aliphatic rings. The monoisotopic (exact) mass is 198 g/mol. The Morgan fingerprint density at radius 3 is 2.21 bits per heavy atom. The van der Waals surface area contributed by atoms with Gasteiger partial charge in [0.15, 0.2) is 0 Å². The molecule has 0 aromatic heterocycles. The number of hydrogen-bond donors (Lipinski definition) is 0. The van der Waals surface area contributed by atoms with Gasteiger partial charge < -0.3 is 4.90 Å². The first-order valence-electron chi connectivity index (χ1n) is 5.34. The fourth-order valence-electron chi connectivity index (χ4n) is 2.24. The Bertz CT molecular complexity index is 220. The van der Waals surface area contributed by atoms with Crippen molar-refractivity contribution in [3.05, 3.63) is 0 Å². The van der Waals surface area contributed by atoms with Crippen molar-refractivity contribution in [3.63, 3.8) is 0 Å². The van der Waals surface area contributed by atoms with E-state index >= 15 is 0 Å². The highest BCUT2D eigenvalue weighted by atomic mass is 16.2. The van der Waals surface area contributed by atoms with E-state index in [1.54, 1.807) is 6.92 Å². The molecule has 1 heterocycles. The van der Waals surface area contributed by atoms with Gasteiger partial charge >= 0.3 is 0 Å². The molecule has 1 amide bonds. The minimum absolute atomic E-state index is 0.199. The maximum Gasteiger partial charge on any atom is 0.219 e. The van der Waals surface area contributed by atoms with Crippen molar-refractivity contribution in [2.45, 2.75) is 46.2 Å². The van der Waals surface area contributed by atoms with E-state index in [2.05, 4.69) is 32.6 Å². The van der Waals surface area contributed by atoms with Gasteiger partial charge in [-0.05, 0) is 27.7 Å². The molecular weight excluding hydrogens is 176 g/mol. The molecular formula is C11H22N2O. The third kappa shape index (κ3) is 2.47. The van der Waals surface area contributed by atoms with Gasteiger partial charge in [-0.25, -0.2) is 0 Å². The Morgan fingerprint density at radius 1 is 1.29 bits per heavy atom. The van der Waals surface area contributed by atoms with Crippen LogP contribution in [0.15, 0.2) is 0 Å². The predicted octanol–water partition coefficient (Wildman–Crippen LogP) is 1.34. The summed E-state index contributed by atoms with van der Waals surface area (Å²) in [6, 6.07) is 0.465. The van der Waals surface area contributed by atoms with E-state index in [4.69, 9.17) is 0 Å². The van der Waals surface area contributed by atoms with E-state index in [1.807, 2.05) is 4.90 Å². The lowest BCUT2D eigenvalue weighted by atomic mass is 10.0. The van der Waals surface area contributed by atoms with Crippen molar-refractivity contribution in [1.82, 2.24) is 9.80 Å². The summed E-state index contributed by atoms with van der Waals surface area (Å²) in [5.41, 5.74) is 0.211. The van der Waals surface area contributed by atoms with Gasteiger partial charge in [-0.1, -0.05) is 0 Å². The molecule has 14 heavy (non-hydrogen) atoms. The molecule has 0 aromatic rings. The smallest absolute Gasteiger partial charge is 0.219 e. The zero-order valence-electron chi connectivity index (χ0n) is 10.0. The lowest BCUT2D eigenvalue weighted by Crippen LogP contribution is -2.58. The predicted molar refractivity (Wildman–Crippen MR) is 58.2 cm³/mol. The summed E-state index contributed by atoms with van der Waals surface area (Å²) in [5, 5.41) is 0. The molecule has 82 valence electrons. The largest absolute Gasteiger partial charge is 0.340 e. The standard InChI is InChI=1S/C11H22N2O/c1-9-8-12(10(2)14)6-7-13(9)11(3,4)5/h9H,6-8H2,1-5H3/t9-/m1/s1. The van der Waals surface area contributed by atoms with E-state index in [0.29, 0.717) is 6.04 Å². The van der Waals surface area contributed by atoms with Gasteiger partial charge in [-0.3, -0.25) is 9.69 Å². The van der Waals surface area contributed by atoms with E-state index in [9.17, 15) is 4.79 Å². The first kappa shape index (κ1) is 11.5. The molecule has 0 spiro atoms. The van der Waals surface area contributed by atoms with Crippen molar-refractivity contribution in [3.8, 4) is 0 Å². The molecule has 0 bridgehead atoms. The summed E-state index contributed by atoms with van der Waals surface area (Å²) >= 11 is 0. The van der Waals surface area contributed by atoms with Crippen LogP contribution >= 0.6 is 0 Å². The molecule has 3 heteroatoms. The molecule has 0 aliphatic carbocycles. The number of rotatable bonds is 0. The minimum Gasteiger partial charge on any atom is -0.340 e. The zero-order chi connectivity index (χ0) is 10.9. The Balaban J connectivity index is 2.61. The van der Waals surface area contributed by atoms with Crippen molar-refractivity contribution in [1.29, 1.82) is 0 Å². The molecule has 1 aliphatic heterocycles. The molecule has 0 radical (unpaired) electrons. The fraction of sp³-hybridized carbons (Fsp3) is 0.909. The fourth-order valence-corrected chi connectivity index (χ4v) is 2.24. The molecule has 1 rings (SSSR count). The number of nitrogens with zero attached hydrogens (tertiary/aromatic N) is 2. The summed E-state index contributed by atoms with van der Waals surface area (Å²) < 4.78 is 0. The van der Waals surface area contributed by atoms with E-state index in [0.717, 1.165) is 19.6 Å². The minimum atomic E-state index is 0.199. The molecule has 0 unspecified atom stereocenters. The Labute approximate surface area is 87.1 Å². The Kier molecular flexibility index (Phi) is 3.20. The van der Waals surface area contributed by atoms with E-state index < -0.39 is 0 Å². The number of carbonyl (C=O) groups excluding carboxylic acids is 1. The van der Waals surface area contributed by atoms with Crippen LogP contribution in [0.1, 0.15) is 34.6 Å². The highest BCUT2D eigenvalue weighted by Crippen LogP contribution is 2.20. The summed E-state index contributed by atoms with van der Waals surface area (Å²) in [4.78, 5) is 15.6. The molecule has 0 saturated carbocycles. The van der Waals surface area contributed by atoms with Crippen LogP contribution in [0.4, 0.5) is 0 Å².